The molecule has 122 valence electrons. The van der Waals surface area contributed by atoms with Crippen molar-refractivity contribution < 1.29 is 14.3 Å². The lowest BCUT2D eigenvalue weighted by Gasteiger charge is -2.20. The van der Waals surface area contributed by atoms with Gasteiger partial charge in [0.15, 0.2) is 5.13 Å². The van der Waals surface area contributed by atoms with Gasteiger partial charge in [-0.2, -0.15) is 0 Å². The number of aromatic nitrogens is 1. The predicted molar refractivity (Wildman–Crippen MR) is 89.8 cm³/mol. The lowest BCUT2D eigenvalue weighted by molar-refractivity contribution is -0.129. The Hall–Kier alpha value is -2.15. The fraction of sp³-hybridized carbons (Fsp3) is 0.438. The number of hydrogen-bond acceptors (Lipinski definition) is 5. The maximum absolute atomic E-state index is 12.4. The molecule has 2 aromatic rings. The van der Waals surface area contributed by atoms with Crippen molar-refractivity contribution in [3.05, 3.63) is 18.2 Å². The van der Waals surface area contributed by atoms with Crippen LogP contribution in [0.15, 0.2) is 18.2 Å². The molecule has 0 saturated carbocycles. The van der Waals surface area contributed by atoms with Crippen molar-refractivity contribution in [3.63, 3.8) is 0 Å². The van der Waals surface area contributed by atoms with E-state index in [-0.39, 0.29) is 30.2 Å². The highest BCUT2D eigenvalue weighted by Gasteiger charge is 2.35. The van der Waals surface area contributed by atoms with Crippen LogP contribution in [0, 0.1) is 5.92 Å². The molecule has 1 aromatic heterocycles. The van der Waals surface area contributed by atoms with Crippen LogP contribution in [0.1, 0.15) is 20.3 Å². The second kappa shape index (κ2) is 6.16. The van der Waals surface area contributed by atoms with Gasteiger partial charge in [-0.25, -0.2) is 4.98 Å². The molecule has 3 rings (SSSR count). The Bertz CT molecular complexity index is 756. The third-order valence-corrected chi connectivity index (χ3v) is 4.91. The number of likely N-dealkylation sites (tertiary alicyclic amines) is 1. The Labute approximate surface area is 138 Å². The average molecular weight is 333 g/mol. The minimum absolute atomic E-state index is 0.0363. The molecule has 7 heteroatoms. The fourth-order valence-electron chi connectivity index (χ4n) is 2.70. The van der Waals surface area contributed by atoms with E-state index in [1.165, 1.54) is 11.3 Å². The standard InChI is InChI=1S/C16H19N3O3S/c1-9(2)19-8-10(6-14(19)20)15(21)18-16-17-12-5-4-11(22-3)7-13(12)23-16/h4-5,7,9-10H,6,8H2,1-3H3,(H,17,18,21)/t10-/m1/s1. The number of methoxy groups -OCH3 is 1. The Morgan fingerprint density at radius 1 is 1.48 bits per heavy atom. The number of rotatable bonds is 4. The third-order valence-electron chi connectivity index (χ3n) is 3.98. The van der Waals surface area contributed by atoms with E-state index >= 15 is 0 Å². The number of anilines is 1. The minimum atomic E-state index is -0.313. The van der Waals surface area contributed by atoms with E-state index in [0.717, 1.165) is 16.0 Å². The summed E-state index contributed by atoms with van der Waals surface area (Å²) >= 11 is 1.40. The van der Waals surface area contributed by atoms with Gasteiger partial charge < -0.3 is 15.0 Å². The molecule has 1 saturated heterocycles. The number of benzene rings is 1. The molecule has 0 unspecified atom stereocenters. The molecule has 1 aliphatic rings. The first-order valence-corrected chi connectivity index (χ1v) is 8.34. The van der Waals surface area contributed by atoms with E-state index in [4.69, 9.17) is 4.74 Å². The molecule has 1 fully saturated rings. The number of carbonyl (C=O) groups excluding carboxylic acids is 2. The van der Waals surface area contributed by atoms with Gasteiger partial charge in [-0.15, -0.1) is 0 Å². The molecule has 0 radical (unpaired) electrons. The molecule has 0 spiro atoms. The molecule has 2 heterocycles. The first-order chi connectivity index (χ1) is 11.0. The molecule has 1 atom stereocenters. The summed E-state index contributed by atoms with van der Waals surface area (Å²) in [6.45, 7) is 4.39. The van der Waals surface area contributed by atoms with Gasteiger partial charge in [-0.1, -0.05) is 11.3 Å². The van der Waals surface area contributed by atoms with Crippen molar-refractivity contribution in [2.45, 2.75) is 26.3 Å². The average Bonchev–Trinajstić information content (AvgIpc) is 3.09. The number of amides is 2. The summed E-state index contributed by atoms with van der Waals surface area (Å²) in [6.07, 6.45) is 0.267. The lowest BCUT2D eigenvalue weighted by Crippen LogP contribution is -2.33. The molecular formula is C16H19N3O3S. The van der Waals surface area contributed by atoms with E-state index in [1.807, 2.05) is 32.0 Å². The van der Waals surface area contributed by atoms with Gasteiger partial charge >= 0.3 is 0 Å². The zero-order valence-electron chi connectivity index (χ0n) is 13.3. The van der Waals surface area contributed by atoms with E-state index in [0.29, 0.717) is 11.7 Å². The molecule has 1 aliphatic heterocycles. The number of fused-ring (bicyclic) bond motifs is 1. The van der Waals surface area contributed by atoms with Gasteiger partial charge in [-0.05, 0) is 32.0 Å². The molecular weight excluding hydrogens is 314 g/mol. The van der Waals surface area contributed by atoms with Crippen molar-refractivity contribution in [2.24, 2.45) is 5.92 Å². The van der Waals surface area contributed by atoms with Gasteiger partial charge in [0.05, 0.1) is 23.2 Å². The highest BCUT2D eigenvalue weighted by molar-refractivity contribution is 7.22. The molecule has 2 amide bonds. The molecule has 1 N–H and O–H groups in total. The maximum atomic E-state index is 12.4. The third kappa shape index (κ3) is 3.14. The van der Waals surface area contributed by atoms with Crippen molar-refractivity contribution in [3.8, 4) is 5.75 Å². The van der Waals surface area contributed by atoms with E-state index in [1.54, 1.807) is 12.0 Å². The van der Waals surface area contributed by atoms with Crippen LogP contribution in [-0.4, -0.2) is 41.4 Å². The predicted octanol–water partition coefficient (Wildman–Crippen LogP) is 2.50. The summed E-state index contributed by atoms with van der Waals surface area (Å²) in [5.41, 5.74) is 0.817. The van der Waals surface area contributed by atoms with E-state index in [9.17, 15) is 9.59 Å². The minimum Gasteiger partial charge on any atom is -0.497 e. The zero-order chi connectivity index (χ0) is 16.6. The molecule has 23 heavy (non-hydrogen) atoms. The fourth-order valence-corrected chi connectivity index (χ4v) is 3.60. The Balaban J connectivity index is 1.72. The quantitative estimate of drug-likeness (QED) is 0.933. The maximum Gasteiger partial charge on any atom is 0.231 e. The van der Waals surface area contributed by atoms with Crippen LogP contribution < -0.4 is 10.1 Å². The van der Waals surface area contributed by atoms with Crippen LogP contribution in [0.3, 0.4) is 0 Å². The highest BCUT2D eigenvalue weighted by atomic mass is 32.1. The Morgan fingerprint density at radius 2 is 2.26 bits per heavy atom. The number of nitrogens with zero attached hydrogens (tertiary/aromatic N) is 2. The summed E-state index contributed by atoms with van der Waals surface area (Å²) in [5.74, 6) is 0.334. The van der Waals surface area contributed by atoms with Crippen LogP contribution >= 0.6 is 11.3 Å². The van der Waals surface area contributed by atoms with Gasteiger partial charge in [0.2, 0.25) is 11.8 Å². The number of hydrogen-bond donors (Lipinski definition) is 1. The van der Waals surface area contributed by atoms with Crippen LogP contribution in [0.2, 0.25) is 0 Å². The molecule has 1 aromatic carbocycles. The largest absolute Gasteiger partial charge is 0.497 e. The molecule has 0 bridgehead atoms. The molecule has 0 aliphatic carbocycles. The van der Waals surface area contributed by atoms with Crippen molar-refractivity contribution in [1.82, 2.24) is 9.88 Å². The van der Waals surface area contributed by atoms with Gasteiger partial charge in [0.1, 0.15) is 5.75 Å². The Kier molecular flexibility index (Phi) is 4.21. The van der Waals surface area contributed by atoms with Crippen LogP contribution in [-0.2, 0) is 9.59 Å². The number of carbonyl (C=O) groups is 2. The lowest BCUT2D eigenvalue weighted by atomic mass is 10.1. The first-order valence-electron chi connectivity index (χ1n) is 7.53. The van der Waals surface area contributed by atoms with Gasteiger partial charge in [0, 0.05) is 19.0 Å². The second-order valence-electron chi connectivity index (χ2n) is 5.88. The topological polar surface area (TPSA) is 71.5 Å². The zero-order valence-corrected chi connectivity index (χ0v) is 14.1. The first kappa shape index (κ1) is 15.7. The second-order valence-corrected chi connectivity index (χ2v) is 6.91. The van der Waals surface area contributed by atoms with Gasteiger partial charge in [0.25, 0.3) is 0 Å². The SMILES string of the molecule is COc1ccc2nc(NC(=O)[C@@H]3CC(=O)N(C(C)C)C3)sc2c1. The number of thiazole rings is 1. The van der Waals surface area contributed by atoms with Gasteiger partial charge in [-0.3, -0.25) is 9.59 Å². The summed E-state index contributed by atoms with van der Waals surface area (Å²) in [4.78, 5) is 30.4. The summed E-state index contributed by atoms with van der Waals surface area (Å²) in [7, 11) is 1.61. The number of nitrogens with one attached hydrogen (secondary N) is 1. The normalized spacial score (nSPS) is 18.0. The van der Waals surface area contributed by atoms with Crippen LogP contribution in [0.25, 0.3) is 10.2 Å². The van der Waals surface area contributed by atoms with Crippen molar-refractivity contribution >= 4 is 38.5 Å². The van der Waals surface area contributed by atoms with E-state index < -0.39 is 0 Å². The van der Waals surface area contributed by atoms with Crippen LogP contribution in [0.5, 0.6) is 5.75 Å². The van der Waals surface area contributed by atoms with Crippen molar-refractivity contribution in [2.75, 3.05) is 19.0 Å². The van der Waals surface area contributed by atoms with E-state index in [2.05, 4.69) is 10.3 Å². The summed E-state index contributed by atoms with van der Waals surface area (Å²) < 4.78 is 6.14. The molecule has 6 nitrogen and oxygen atoms in total. The van der Waals surface area contributed by atoms with Crippen LogP contribution in [0.4, 0.5) is 5.13 Å². The van der Waals surface area contributed by atoms with Crippen molar-refractivity contribution in [1.29, 1.82) is 0 Å². The monoisotopic (exact) mass is 333 g/mol. The highest BCUT2D eigenvalue weighted by Crippen LogP contribution is 2.30. The summed E-state index contributed by atoms with van der Waals surface area (Å²) in [5, 5.41) is 3.39. The Morgan fingerprint density at radius 3 is 2.91 bits per heavy atom. The number of ether oxygens (including phenoxy) is 1. The summed E-state index contributed by atoms with van der Waals surface area (Å²) in [6, 6.07) is 5.71. The smallest absolute Gasteiger partial charge is 0.231 e.